The Morgan fingerprint density at radius 3 is 2.43 bits per heavy atom. The SMILES string of the molecule is CC(C)N(C)C(C)CCCNC1CC1. The second-order valence-corrected chi connectivity index (χ2v) is 4.98. The molecule has 0 bridgehead atoms. The van der Waals surface area contributed by atoms with Gasteiger partial charge in [-0.15, -0.1) is 0 Å². The monoisotopic (exact) mass is 198 g/mol. The van der Waals surface area contributed by atoms with Crippen LogP contribution in [0.25, 0.3) is 0 Å². The highest BCUT2D eigenvalue weighted by molar-refractivity contribution is 4.80. The highest BCUT2D eigenvalue weighted by Gasteiger charge is 2.19. The van der Waals surface area contributed by atoms with Crippen molar-refractivity contribution in [1.82, 2.24) is 10.2 Å². The summed E-state index contributed by atoms with van der Waals surface area (Å²) in [5, 5.41) is 3.56. The summed E-state index contributed by atoms with van der Waals surface area (Å²) in [6.45, 7) is 8.07. The van der Waals surface area contributed by atoms with Crippen molar-refractivity contribution in [2.24, 2.45) is 0 Å². The minimum absolute atomic E-state index is 0.668. The van der Waals surface area contributed by atoms with Gasteiger partial charge in [-0.3, -0.25) is 0 Å². The van der Waals surface area contributed by atoms with E-state index in [9.17, 15) is 0 Å². The topological polar surface area (TPSA) is 15.3 Å². The molecule has 1 unspecified atom stereocenters. The molecule has 0 spiro atoms. The maximum Gasteiger partial charge on any atom is 0.00682 e. The Morgan fingerprint density at radius 2 is 1.93 bits per heavy atom. The minimum Gasteiger partial charge on any atom is -0.314 e. The first-order valence-electron chi connectivity index (χ1n) is 6.06. The fourth-order valence-corrected chi connectivity index (χ4v) is 1.70. The van der Waals surface area contributed by atoms with Gasteiger partial charge in [-0.25, -0.2) is 0 Å². The van der Waals surface area contributed by atoms with Gasteiger partial charge in [-0.2, -0.15) is 0 Å². The normalized spacial score (nSPS) is 19.3. The zero-order chi connectivity index (χ0) is 10.6. The van der Waals surface area contributed by atoms with E-state index >= 15 is 0 Å². The molecular weight excluding hydrogens is 172 g/mol. The van der Waals surface area contributed by atoms with Crippen LogP contribution in [0.1, 0.15) is 46.5 Å². The summed E-state index contributed by atoms with van der Waals surface area (Å²) in [4.78, 5) is 2.46. The predicted molar refractivity (Wildman–Crippen MR) is 62.6 cm³/mol. The van der Waals surface area contributed by atoms with Gasteiger partial charge >= 0.3 is 0 Å². The van der Waals surface area contributed by atoms with Gasteiger partial charge in [0.1, 0.15) is 0 Å². The van der Waals surface area contributed by atoms with Crippen LogP contribution in [0.3, 0.4) is 0 Å². The Bertz CT molecular complexity index is 152. The first-order valence-corrected chi connectivity index (χ1v) is 6.06. The van der Waals surface area contributed by atoms with Crippen LogP contribution in [0.4, 0.5) is 0 Å². The van der Waals surface area contributed by atoms with E-state index in [1.807, 2.05) is 0 Å². The van der Waals surface area contributed by atoms with Crippen LogP contribution in [0.15, 0.2) is 0 Å². The molecule has 2 heteroatoms. The highest BCUT2D eigenvalue weighted by atomic mass is 15.1. The first-order chi connectivity index (χ1) is 6.61. The van der Waals surface area contributed by atoms with Gasteiger partial charge in [0.25, 0.3) is 0 Å². The van der Waals surface area contributed by atoms with Gasteiger partial charge in [0.2, 0.25) is 0 Å². The maximum atomic E-state index is 3.56. The smallest absolute Gasteiger partial charge is 0.00682 e. The molecule has 1 fully saturated rings. The van der Waals surface area contributed by atoms with Crippen LogP contribution in [-0.4, -0.2) is 36.6 Å². The largest absolute Gasteiger partial charge is 0.314 e. The van der Waals surface area contributed by atoms with E-state index in [-0.39, 0.29) is 0 Å². The zero-order valence-electron chi connectivity index (χ0n) is 10.2. The van der Waals surface area contributed by atoms with Crippen molar-refractivity contribution in [2.75, 3.05) is 13.6 Å². The van der Waals surface area contributed by atoms with Crippen LogP contribution < -0.4 is 5.32 Å². The molecule has 0 aliphatic heterocycles. The average molecular weight is 198 g/mol. The van der Waals surface area contributed by atoms with Gasteiger partial charge in [0, 0.05) is 18.1 Å². The molecule has 84 valence electrons. The molecule has 1 aliphatic carbocycles. The lowest BCUT2D eigenvalue weighted by Gasteiger charge is -2.28. The highest BCUT2D eigenvalue weighted by Crippen LogP contribution is 2.18. The van der Waals surface area contributed by atoms with Crippen molar-refractivity contribution in [2.45, 2.75) is 64.6 Å². The lowest BCUT2D eigenvalue weighted by atomic mass is 10.1. The standard InChI is InChI=1S/C12H26N2/c1-10(2)14(4)11(3)6-5-9-13-12-7-8-12/h10-13H,5-9H2,1-4H3. The van der Waals surface area contributed by atoms with E-state index in [4.69, 9.17) is 0 Å². The quantitative estimate of drug-likeness (QED) is 0.631. The van der Waals surface area contributed by atoms with Gasteiger partial charge in [-0.05, 0) is 60.0 Å². The number of hydrogen-bond acceptors (Lipinski definition) is 2. The lowest BCUT2D eigenvalue weighted by molar-refractivity contribution is 0.196. The molecule has 14 heavy (non-hydrogen) atoms. The molecule has 1 N–H and O–H groups in total. The minimum atomic E-state index is 0.668. The molecule has 0 radical (unpaired) electrons. The van der Waals surface area contributed by atoms with Gasteiger partial charge in [0.15, 0.2) is 0 Å². The van der Waals surface area contributed by atoms with E-state index in [2.05, 4.69) is 38.0 Å². The molecule has 1 atom stereocenters. The predicted octanol–water partition coefficient (Wildman–Crippen LogP) is 2.25. The second kappa shape index (κ2) is 5.72. The third-order valence-corrected chi connectivity index (χ3v) is 3.32. The zero-order valence-corrected chi connectivity index (χ0v) is 10.2. The molecule has 1 saturated carbocycles. The molecule has 0 aromatic rings. The third kappa shape index (κ3) is 4.43. The first kappa shape index (κ1) is 12.0. The number of nitrogens with one attached hydrogen (secondary N) is 1. The van der Waals surface area contributed by atoms with E-state index < -0.39 is 0 Å². The van der Waals surface area contributed by atoms with Crippen LogP contribution in [0, 0.1) is 0 Å². The van der Waals surface area contributed by atoms with Crippen LogP contribution in [0.2, 0.25) is 0 Å². The van der Waals surface area contributed by atoms with Crippen molar-refractivity contribution in [3.63, 3.8) is 0 Å². The molecule has 1 aliphatic rings. The Kier molecular flexibility index (Phi) is 4.90. The van der Waals surface area contributed by atoms with E-state index in [1.165, 1.54) is 32.2 Å². The van der Waals surface area contributed by atoms with Crippen LogP contribution in [-0.2, 0) is 0 Å². The fourth-order valence-electron chi connectivity index (χ4n) is 1.70. The summed E-state index contributed by atoms with van der Waals surface area (Å²) in [5.41, 5.74) is 0. The number of rotatable bonds is 7. The summed E-state index contributed by atoms with van der Waals surface area (Å²) in [6.07, 6.45) is 5.44. The molecule has 0 amide bonds. The summed E-state index contributed by atoms with van der Waals surface area (Å²) >= 11 is 0. The molecule has 1 rings (SSSR count). The maximum absolute atomic E-state index is 3.56. The summed E-state index contributed by atoms with van der Waals surface area (Å²) in [6, 6.07) is 2.26. The van der Waals surface area contributed by atoms with Gasteiger partial charge in [-0.1, -0.05) is 0 Å². The Hall–Kier alpha value is -0.0800. The van der Waals surface area contributed by atoms with E-state index in [0.29, 0.717) is 6.04 Å². The summed E-state index contributed by atoms with van der Waals surface area (Å²) in [7, 11) is 2.23. The van der Waals surface area contributed by atoms with Crippen molar-refractivity contribution in [3.8, 4) is 0 Å². The molecule has 0 aromatic carbocycles. The molecule has 0 aromatic heterocycles. The van der Waals surface area contributed by atoms with E-state index in [0.717, 1.165) is 12.1 Å². The van der Waals surface area contributed by atoms with Gasteiger partial charge < -0.3 is 10.2 Å². The van der Waals surface area contributed by atoms with Crippen molar-refractivity contribution in [3.05, 3.63) is 0 Å². The molecule has 2 nitrogen and oxygen atoms in total. The fraction of sp³-hybridized carbons (Fsp3) is 1.00. The lowest BCUT2D eigenvalue weighted by Crippen LogP contribution is -2.35. The second-order valence-electron chi connectivity index (χ2n) is 4.98. The summed E-state index contributed by atoms with van der Waals surface area (Å²) < 4.78 is 0. The van der Waals surface area contributed by atoms with Crippen molar-refractivity contribution >= 4 is 0 Å². The van der Waals surface area contributed by atoms with Crippen LogP contribution in [0.5, 0.6) is 0 Å². The van der Waals surface area contributed by atoms with Crippen LogP contribution >= 0.6 is 0 Å². The van der Waals surface area contributed by atoms with Crippen molar-refractivity contribution < 1.29 is 0 Å². The third-order valence-electron chi connectivity index (χ3n) is 3.32. The van der Waals surface area contributed by atoms with Crippen molar-refractivity contribution in [1.29, 1.82) is 0 Å². The Morgan fingerprint density at radius 1 is 1.29 bits per heavy atom. The Balaban J connectivity index is 1.98. The van der Waals surface area contributed by atoms with Gasteiger partial charge in [0.05, 0.1) is 0 Å². The van der Waals surface area contributed by atoms with E-state index in [1.54, 1.807) is 0 Å². The number of nitrogens with zero attached hydrogens (tertiary/aromatic N) is 1. The summed E-state index contributed by atoms with van der Waals surface area (Å²) in [5.74, 6) is 0. The average Bonchev–Trinajstić information content (AvgIpc) is 2.94. The number of hydrogen-bond donors (Lipinski definition) is 1. The molecule has 0 saturated heterocycles. The Labute approximate surface area is 89.1 Å². The molecular formula is C12H26N2. The molecule has 0 heterocycles.